The van der Waals surface area contributed by atoms with Crippen LogP contribution in [0.15, 0.2) is 54.6 Å². The van der Waals surface area contributed by atoms with Crippen LogP contribution in [-0.4, -0.2) is 19.6 Å². The molecule has 3 nitrogen and oxygen atoms in total. The standard InChI is InChI=1S/C16H17NO2/c1-3-17(14-11-7-8-12-15(14)19-2)16(18)13-9-5-4-6-10-13/h4-12H,3H2,1-2H3. The van der Waals surface area contributed by atoms with Crippen molar-refractivity contribution in [2.75, 3.05) is 18.6 Å². The van der Waals surface area contributed by atoms with Crippen LogP contribution < -0.4 is 9.64 Å². The van der Waals surface area contributed by atoms with Crippen LogP contribution in [0.2, 0.25) is 0 Å². The van der Waals surface area contributed by atoms with Gasteiger partial charge in [0.15, 0.2) is 0 Å². The first-order valence-corrected chi connectivity index (χ1v) is 6.28. The average Bonchev–Trinajstić information content (AvgIpc) is 2.49. The van der Waals surface area contributed by atoms with Crippen LogP contribution >= 0.6 is 0 Å². The van der Waals surface area contributed by atoms with Gasteiger partial charge in [0.25, 0.3) is 5.91 Å². The minimum absolute atomic E-state index is 0.0207. The molecule has 98 valence electrons. The molecule has 0 aromatic heterocycles. The van der Waals surface area contributed by atoms with E-state index in [1.807, 2.05) is 61.5 Å². The summed E-state index contributed by atoms with van der Waals surface area (Å²) < 4.78 is 5.32. The molecular weight excluding hydrogens is 238 g/mol. The Morgan fingerprint density at radius 1 is 1.05 bits per heavy atom. The summed E-state index contributed by atoms with van der Waals surface area (Å²) in [6.45, 7) is 2.54. The van der Waals surface area contributed by atoms with Gasteiger partial charge in [-0.25, -0.2) is 0 Å². The maximum Gasteiger partial charge on any atom is 0.258 e. The largest absolute Gasteiger partial charge is 0.495 e. The van der Waals surface area contributed by atoms with E-state index >= 15 is 0 Å². The monoisotopic (exact) mass is 255 g/mol. The maximum atomic E-state index is 12.5. The van der Waals surface area contributed by atoms with Gasteiger partial charge >= 0.3 is 0 Å². The molecule has 0 aliphatic heterocycles. The van der Waals surface area contributed by atoms with E-state index in [4.69, 9.17) is 4.74 Å². The van der Waals surface area contributed by atoms with Crippen molar-refractivity contribution < 1.29 is 9.53 Å². The van der Waals surface area contributed by atoms with Gasteiger partial charge < -0.3 is 9.64 Å². The smallest absolute Gasteiger partial charge is 0.258 e. The average molecular weight is 255 g/mol. The molecule has 0 radical (unpaired) electrons. The second-order valence-electron chi connectivity index (χ2n) is 4.09. The highest BCUT2D eigenvalue weighted by molar-refractivity contribution is 6.06. The number of benzene rings is 2. The molecule has 0 aliphatic carbocycles. The van der Waals surface area contributed by atoms with E-state index in [0.29, 0.717) is 17.9 Å². The molecule has 0 heterocycles. The molecule has 1 amide bonds. The highest BCUT2D eigenvalue weighted by atomic mass is 16.5. The Hall–Kier alpha value is -2.29. The van der Waals surface area contributed by atoms with Crippen molar-refractivity contribution >= 4 is 11.6 Å². The summed E-state index contributed by atoms with van der Waals surface area (Å²) in [6.07, 6.45) is 0. The highest BCUT2D eigenvalue weighted by Crippen LogP contribution is 2.28. The van der Waals surface area contributed by atoms with Crippen LogP contribution in [-0.2, 0) is 0 Å². The fraction of sp³-hybridized carbons (Fsp3) is 0.188. The molecule has 3 heteroatoms. The summed E-state index contributed by atoms with van der Waals surface area (Å²) in [5, 5.41) is 0. The van der Waals surface area contributed by atoms with Gasteiger partial charge in [0.05, 0.1) is 12.8 Å². The Labute approximate surface area is 113 Å². The highest BCUT2D eigenvalue weighted by Gasteiger charge is 2.18. The lowest BCUT2D eigenvalue weighted by atomic mass is 10.1. The number of rotatable bonds is 4. The number of amides is 1. The van der Waals surface area contributed by atoms with E-state index in [-0.39, 0.29) is 5.91 Å². The molecule has 2 aromatic rings. The lowest BCUT2D eigenvalue weighted by molar-refractivity contribution is 0.0987. The maximum absolute atomic E-state index is 12.5. The van der Waals surface area contributed by atoms with Gasteiger partial charge in [-0.1, -0.05) is 30.3 Å². The molecule has 0 saturated carbocycles. The van der Waals surface area contributed by atoms with Crippen molar-refractivity contribution in [1.29, 1.82) is 0 Å². The first-order chi connectivity index (χ1) is 9.27. The second-order valence-corrected chi connectivity index (χ2v) is 4.09. The van der Waals surface area contributed by atoms with Gasteiger partial charge in [0, 0.05) is 12.1 Å². The Kier molecular flexibility index (Phi) is 4.18. The van der Waals surface area contributed by atoms with E-state index in [0.717, 1.165) is 5.69 Å². The van der Waals surface area contributed by atoms with Crippen LogP contribution in [0.25, 0.3) is 0 Å². The van der Waals surface area contributed by atoms with Crippen molar-refractivity contribution in [1.82, 2.24) is 0 Å². The summed E-state index contributed by atoms with van der Waals surface area (Å²) in [5.41, 5.74) is 1.47. The van der Waals surface area contributed by atoms with Gasteiger partial charge in [-0.05, 0) is 31.2 Å². The lowest BCUT2D eigenvalue weighted by Gasteiger charge is -2.23. The minimum atomic E-state index is -0.0207. The number of hydrogen-bond donors (Lipinski definition) is 0. The van der Waals surface area contributed by atoms with Crippen molar-refractivity contribution in [3.63, 3.8) is 0 Å². The molecule has 2 rings (SSSR count). The molecular formula is C16H17NO2. The third-order valence-electron chi connectivity index (χ3n) is 2.96. The Morgan fingerprint density at radius 3 is 2.32 bits per heavy atom. The van der Waals surface area contributed by atoms with Gasteiger partial charge in [0.1, 0.15) is 5.75 Å². The van der Waals surface area contributed by atoms with E-state index in [9.17, 15) is 4.79 Å². The zero-order chi connectivity index (χ0) is 13.7. The number of para-hydroxylation sites is 2. The SMILES string of the molecule is CCN(C(=O)c1ccccc1)c1ccccc1OC. The summed E-state index contributed by atoms with van der Waals surface area (Å²) in [7, 11) is 1.61. The number of hydrogen-bond acceptors (Lipinski definition) is 2. The van der Waals surface area contributed by atoms with E-state index in [1.165, 1.54) is 0 Å². The molecule has 0 unspecified atom stereocenters. The van der Waals surface area contributed by atoms with Crippen molar-refractivity contribution in [3.8, 4) is 5.75 Å². The molecule has 2 aromatic carbocycles. The number of carbonyl (C=O) groups excluding carboxylic acids is 1. The first kappa shape index (κ1) is 13.1. The Balaban J connectivity index is 2.37. The Morgan fingerprint density at radius 2 is 1.68 bits per heavy atom. The lowest BCUT2D eigenvalue weighted by Crippen LogP contribution is -2.30. The number of anilines is 1. The van der Waals surface area contributed by atoms with Crippen LogP contribution in [0.3, 0.4) is 0 Å². The molecule has 0 N–H and O–H groups in total. The number of ether oxygens (including phenoxy) is 1. The predicted octanol–water partition coefficient (Wildman–Crippen LogP) is 3.36. The van der Waals surface area contributed by atoms with Gasteiger partial charge in [-0.2, -0.15) is 0 Å². The summed E-state index contributed by atoms with van der Waals surface area (Å²) in [4.78, 5) is 14.2. The Bertz CT molecular complexity index is 552. The number of methoxy groups -OCH3 is 1. The molecule has 0 aliphatic rings. The summed E-state index contributed by atoms with van der Waals surface area (Å²) >= 11 is 0. The van der Waals surface area contributed by atoms with Gasteiger partial charge in [0.2, 0.25) is 0 Å². The van der Waals surface area contributed by atoms with Crippen LogP contribution in [0.5, 0.6) is 5.75 Å². The van der Waals surface area contributed by atoms with Crippen LogP contribution in [0.1, 0.15) is 17.3 Å². The fourth-order valence-corrected chi connectivity index (χ4v) is 2.01. The predicted molar refractivity (Wildman–Crippen MR) is 76.8 cm³/mol. The number of nitrogens with zero attached hydrogens (tertiary/aromatic N) is 1. The molecule has 0 spiro atoms. The van der Waals surface area contributed by atoms with Crippen LogP contribution in [0, 0.1) is 0 Å². The topological polar surface area (TPSA) is 29.5 Å². The third-order valence-corrected chi connectivity index (χ3v) is 2.96. The van der Waals surface area contributed by atoms with Crippen molar-refractivity contribution in [2.24, 2.45) is 0 Å². The first-order valence-electron chi connectivity index (χ1n) is 6.28. The second kappa shape index (κ2) is 6.05. The van der Waals surface area contributed by atoms with E-state index < -0.39 is 0 Å². The zero-order valence-corrected chi connectivity index (χ0v) is 11.2. The summed E-state index contributed by atoms with van der Waals surface area (Å²) in [5.74, 6) is 0.682. The molecule has 0 saturated heterocycles. The van der Waals surface area contributed by atoms with E-state index in [2.05, 4.69) is 0 Å². The number of carbonyl (C=O) groups is 1. The summed E-state index contributed by atoms with van der Waals surface area (Å²) in [6, 6.07) is 16.8. The molecule has 0 fully saturated rings. The van der Waals surface area contributed by atoms with Crippen molar-refractivity contribution in [2.45, 2.75) is 6.92 Å². The molecule has 0 bridgehead atoms. The van der Waals surface area contributed by atoms with Gasteiger partial charge in [-0.15, -0.1) is 0 Å². The fourth-order valence-electron chi connectivity index (χ4n) is 2.01. The molecule has 0 atom stereocenters. The quantitative estimate of drug-likeness (QED) is 0.838. The normalized spacial score (nSPS) is 10.0. The van der Waals surface area contributed by atoms with Gasteiger partial charge in [-0.3, -0.25) is 4.79 Å². The zero-order valence-electron chi connectivity index (χ0n) is 11.2. The minimum Gasteiger partial charge on any atom is -0.495 e. The van der Waals surface area contributed by atoms with Crippen LogP contribution in [0.4, 0.5) is 5.69 Å². The molecule has 19 heavy (non-hydrogen) atoms. The third kappa shape index (κ3) is 2.76. The van der Waals surface area contributed by atoms with E-state index in [1.54, 1.807) is 12.0 Å². The van der Waals surface area contributed by atoms with Crippen molar-refractivity contribution in [3.05, 3.63) is 60.2 Å².